The first-order valence-corrected chi connectivity index (χ1v) is 10.8. The van der Waals surface area contributed by atoms with E-state index in [1.165, 1.54) is 16.0 Å². The Labute approximate surface area is 175 Å². The molecule has 1 aliphatic heterocycles. The van der Waals surface area contributed by atoms with Gasteiger partial charge in [-0.15, -0.1) is 11.3 Å². The van der Waals surface area contributed by atoms with Crippen LogP contribution in [0.2, 0.25) is 0 Å². The van der Waals surface area contributed by atoms with Gasteiger partial charge >= 0.3 is 0 Å². The largest absolute Gasteiger partial charge is 0.370 e. The van der Waals surface area contributed by atoms with Crippen molar-refractivity contribution < 1.29 is 14.4 Å². The molecule has 150 valence electrons. The molecule has 2 heterocycles. The Balaban J connectivity index is 1.46. The van der Waals surface area contributed by atoms with Gasteiger partial charge < -0.3 is 15.0 Å². The highest BCUT2D eigenvalue weighted by Crippen LogP contribution is 2.30. The van der Waals surface area contributed by atoms with Crippen molar-refractivity contribution in [3.63, 3.8) is 0 Å². The molecule has 1 amide bonds. The molecule has 3 aromatic rings. The Morgan fingerprint density at radius 1 is 1.10 bits per heavy atom. The van der Waals surface area contributed by atoms with Gasteiger partial charge in [0, 0.05) is 22.2 Å². The number of hydrogen-bond acceptors (Lipinski definition) is 4. The minimum atomic E-state index is 0.0361. The van der Waals surface area contributed by atoms with Crippen LogP contribution in [0.5, 0.6) is 0 Å². The fraction of sp³-hybridized carbons (Fsp3) is 0.304. The molecule has 5 nitrogen and oxygen atoms in total. The SMILES string of the molecule is Cc1ccc(-c2csc(-c3cccc(NC(=O)C[NH+]4CCOCC4)c3)n2)cc1C. The quantitative estimate of drug-likeness (QED) is 0.683. The second-order valence-corrected chi connectivity index (χ2v) is 8.36. The maximum absolute atomic E-state index is 12.4. The first-order chi connectivity index (χ1) is 14.1. The second kappa shape index (κ2) is 8.86. The summed E-state index contributed by atoms with van der Waals surface area (Å²) in [7, 11) is 0. The van der Waals surface area contributed by atoms with E-state index in [0.717, 1.165) is 53.8 Å². The highest BCUT2D eigenvalue weighted by atomic mass is 32.1. The molecule has 1 saturated heterocycles. The van der Waals surface area contributed by atoms with Crippen molar-refractivity contribution in [3.8, 4) is 21.8 Å². The van der Waals surface area contributed by atoms with E-state index in [2.05, 4.69) is 42.7 Å². The molecule has 2 N–H and O–H groups in total. The summed E-state index contributed by atoms with van der Waals surface area (Å²) in [4.78, 5) is 18.5. The number of morpholine rings is 1. The van der Waals surface area contributed by atoms with Crippen LogP contribution in [-0.2, 0) is 9.53 Å². The number of nitrogens with one attached hydrogen (secondary N) is 2. The van der Waals surface area contributed by atoms with Crippen molar-refractivity contribution in [2.24, 2.45) is 0 Å². The molecular formula is C23H26N3O2S+. The Morgan fingerprint density at radius 2 is 1.93 bits per heavy atom. The lowest BCUT2D eigenvalue weighted by Crippen LogP contribution is -3.15. The normalized spacial score (nSPS) is 14.7. The van der Waals surface area contributed by atoms with Gasteiger partial charge in [0.15, 0.2) is 6.54 Å². The molecule has 1 fully saturated rings. The van der Waals surface area contributed by atoms with Gasteiger partial charge in [-0.3, -0.25) is 4.79 Å². The summed E-state index contributed by atoms with van der Waals surface area (Å²) < 4.78 is 5.35. The number of carbonyl (C=O) groups is 1. The lowest BCUT2D eigenvalue weighted by molar-refractivity contribution is -0.899. The Bertz CT molecular complexity index is 1010. The first kappa shape index (κ1) is 19.8. The second-order valence-electron chi connectivity index (χ2n) is 7.51. The molecular weight excluding hydrogens is 382 g/mol. The van der Waals surface area contributed by atoms with Gasteiger partial charge in [0.2, 0.25) is 0 Å². The minimum Gasteiger partial charge on any atom is -0.370 e. The summed E-state index contributed by atoms with van der Waals surface area (Å²) in [6.07, 6.45) is 0. The molecule has 1 aliphatic rings. The van der Waals surface area contributed by atoms with Crippen molar-refractivity contribution in [2.75, 3.05) is 38.2 Å². The van der Waals surface area contributed by atoms with E-state index in [9.17, 15) is 4.79 Å². The minimum absolute atomic E-state index is 0.0361. The molecule has 0 spiro atoms. The lowest BCUT2D eigenvalue weighted by Gasteiger charge is -2.23. The molecule has 0 unspecified atom stereocenters. The number of nitrogens with zero attached hydrogens (tertiary/aromatic N) is 1. The number of ether oxygens (including phenoxy) is 1. The predicted molar refractivity (Wildman–Crippen MR) is 117 cm³/mol. The van der Waals surface area contributed by atoms with E-state index in [0.29, 0.717) is 6.54 Å². The molecule has 4 rings (SSSR count). The van der Waals surface area contributed by atoms with Crippen molar-refractivity contribution >= 4 is 22.9 Å². The number of amides is 1. The zero-order valence-electron chi connectivity index (χ0n) is 16.8. The molecule has 29 heavy (non-hydrogen) atoms. The van der Waals surface area contributed by atoms with Crippen LogP contribution in [0.15, 0.2) is 47.8 Å². The number of quaternary nitrogens is 1. The average molecular weight is 409 g/mol. The van der Waals surface area contributed by atoms with E-state index >= 15 is 0 Å². The number of thiazole rings is 1. The number of benzene rings is 2. The van der Waals surface area contributed by atoms with E-state index in [1.54, 1.807) is 11.3 Å². The summed E-state index contributed by atoms with van der Waals surface area (Å²) in [6, 6.07) is 14.3. The molecule has 0 saturated carbocycles. The van der Waals surface area contributed by atoms with Gasteiger partial charge in [-0.25, -0.2) is 4.98 Å². The Kier molecular flexibility index (Phi) is 6.04. The van der Waals surface area contributed by atoms with Crippen LogP contribution < -0.4 is 10.2 Å². The molecule has 0 atom stereocenters. The van der Waals surface area contributed by atoms with Crippen molar-refractivity contribution in [1.29, 1.82) is 0 Å². The fourth-order valence-corrected chi connectivity index (χ4v) is 4.26. The van der Waals surface area contributed by atoms with Crippen LogP contribution in [0.4, 0.5) is 5.69 Å². The van der Waals surface area contributed by atoms with Crippen LogP contribution in [0.3, 0.4) is 0 Å². The third kappa shape index (κ3) is 4.90. The van der Waals surface area contributed by atoms with E-state index in [1.807, 2.05) is 24.3 Å². The van der Waals surface area contributed by atoms with E-state index in [-0.39, 0.29) is 5.91 Å². The van der Waals surface area contributed by atoms with Crippen molar-refractivity contribution in [2.45, 2.75) is 13.8 Å². The van der Waals surface area contributed by atoms with Gasteiger partial charge in [0.05, 0.1) is 18.9 Å². The number of aryl methyl sites for hydroxylation is 2. The number of carbonyl (C=O) groups excluding carboxylic acids is 1. The average Bonchev–Trinajstić information content (AvgIpc) is 3.21. The summed E-state index contributed by atoms with van der Waals surface area (Å²) in [6.45, 7) is 7.93. The Hall–Kier alpha value is -2.54. The van der Waals surface area contributed by atoms with Crippen LogP contribution in [0.1, 0.15) is 11.1 Å². The van der Waals surface area contributed by atoms with Gasteiger partial charge in [0.1, 0.15) is 18.1 Å². The van der Waals surface area contributed by atoms with Crippen molar-refractivity contribution in [1.82, 2.24) is 4.98 Å². The monoisotopic (exact) mass is 408 g/mol. The summed E-state index contributed by atoms with van der Waals surface area (Å²) >= 11 is 1.62. The fourth-order valence-electron chi connectivity index (χ4n) is 3.44. The van der Waals surface area contributed by atoms with Crippen LogP contribution >= 0.6 is 11.3 Å². The van der Waals surface area contributed by atoms with Crippen molar-refractivity contribution in [3.05, 3.63) is 59.0 Å². The molecule has 0 bridgehead atoms. The topological polar surface area (TPSA) is 55.7 Å². The van der Waals surface area contributed by atoms with Gasteiger partial charge in [-0.1, -0.05) is 24.3 Å². The van der Waals surface area contributed by atoms with Crippen LogP contribution in [0.25, 0.3) is 21.8 Å². The third-order valence-corrected chi connectivity index (χ3v) is 6.20. The maximum atomic E-state index is 12.4. The summed E-state index contributed by atoms with van der Waals surface area (Å²) in [5.41, 5.74) is 6.49. The third-order valence-electron chi connectivity index (χ3n) is 5.31. The summed E-state index contributed by atoms with van der Waals surface area (Å²) in [5, 5.41) is 6.07. The predicted octanol–water partition coefficient (Wildman–Crippen LogP) is 2.95. The Morgan fingerprint density at radius 3 is 2.72 bits per heavy atom. The van der Waals surface area contributed by atoms with Gasteiger partial charge in [0.25, 0.3) is 5.91 Å². The zero-order valence-corrected chi connectivity index (χ0v) is 17.6. The summed E-state index contributed by atoms with van der Waals surface area (Å²) in [5.74, 6) is 0.0361. The maximum Gasteiger partial charge on any atom is 0.279 e. The standard InChI is InChI=1S/C23H25N3O2S/c1-16-6-7-18(12-17(16)2)21-15-29-23(25-21)19-4-3-5-20(13-19)24-22(27)14-26-8-10-28-11-9-26/h3-7,12-13,15H,8-11,14H2,1-2H3,(H,24,27)/p+1. The smallest absolute Gasteiger partial charge is 0.279 e. The molecule has 1 aromatic heterocycles. The van der Waals surface area contributed by atoms with Gasteiger partial charge in [-0.05, 0) is 43.2 Å². The molecule has 6 heteroatoms. The first-order valence-electron chi connectivity index (χ1n) is 9.93. The molecule has 0 aliphatic carbocycles. The lowest BCUT2D eigenvalue weighted by atomic mass is 10.1. The molecule has 2 aromatic carbocycles. The van der Waals surface area contributed by atoms with Gasteiger partial charge in [-0.2, -0.15) is 0 Å². The van der Waals surface area contributed by atoms with Crippen LogP contribution in [0, 0.1) is 13.8 Å². The number of rotatable bonds is 5. The molecule has 0 radical (unpaired) electrons. The number of anilines is 1. The highest BCUT2D eigenvalue weighted by molar-refractivity contribution is 7.13. The zero-order chi connectivity index (χ0) is 20.2. The highest BCUT2D eigenvalue weighted by Gasteiger charge is 2.18. The van der Waals surface area contributed by atoms with Crippen LogP contribution in [-0.4, -0.2) is 43.7 Å². The number of aromatic nitrogens is 1. The van der Waals surface area contributed by atoms with E-state index in [4.69, 9.17) is 9.72 Å². The number of hydrogen-bond donors (Lipinski definition) is 2. The van der Waals surface area contributed by atoms with E-state index < -0.39 is 0 Å².